The normalized spacial score (nSPS) is 23.3. The highest BCUT2D eigenvalue weighted by molar-refractivity contribution is 7.84. The number of fused-ring (bicyclic) bond motifs is 1. The molecule has 10 heteroatoms. The smallest absolute Gasteiger partial charge is 0.282 e. The zero-order chi connectivity index (χ0) is 21.4. The molecule has 160 valence electrons. The molecule has 0 aliphatic carbocycles. The molecular formula is C20H25F2N6OS+. The molecule has 0 spiro atoms. The monoisotopic (exact) mass is 435 g/mol. The Hall–Kier alpha value is -2.49. The van der Waals surface area contributed by atoms with Crippen LogP contribution in [0.1, 0.15) is 32.4 Å². The van der Waals surface area contributed by atoms with Gasteiger partial charge in [0.1, 0.15) is 29.3 Å². The second kappa shape index (κ2) is 8.33. The first-order chi connectivity index (χ1) is 14.3. The third-order valence-corrected chi connectivity index (χ3v) is 6.68. The Kier molecular flexibility index (Phi) is 5.77. The van der Waals surface area contributed by atoms with Crippen LogP contribution in [-0.4, -0.2) is 49.2 Å². The lowest BCUT2D eigenvalue weighted by Crippen LogP contribution is -2.48. The van der Waals surface area contributed by atoms with Crippen molar-refractivity contribution in [3.63, 3.8) is 0 Å². The molecule has 0 amide bonds. The molecule has 0 radical (unpaired) electrons. The molecule has 1 saturated heterocycles. The van der Waals surface area contributed by atoms with Crippen molar-refractivity contribution in [1.29, 1.82) is 0 Å². The number of halogens is 2. The fourth-order valence-corrected chi connectivity index (χ4v) is 5.34. The number of thiol groups is 1. The summed E-state index contributed by atoms with van der Waals surface area (Å²) >= 11 is 0. The van der Waals surface area contributed by atoms with E-state index in [0.717, 1.165) is 18.8 Å². The van der Waals surface area contributed by atoms with Gasteiger partial charge in [0.25, 0.3) is 6.43 Å². The molecule has 0 N–H and O–H groups in total. The van der Waals surface area contributed by atoms with Gasteiger partial charge in [-0.3, -0.25) is 0 Å². The maximum absolute atomic E-state index is 13.1. The molecule has 0 bridgehead atoms. The van der Waals surface area contributed by atoms with Crippen LogP contribution in [0.15, 0.2) is 30.7 Å². The van der Waals surface area contributed by atoms with E-state index in [2.05, 4.69) is 38.8 Å². The van der Waals surface area contributed by atoms with Crippen LogP contribution in [0.2, 0.25) is 0 Å². The Morgan fingerprint density at radius 3 is 2.77 bits per heavy atom. The van der Waals surface area contributed by atoms with Gasteiger partial charge in [0.15, 0.2) is 5.65 Å². The minimum absolute atomic E-state index is 0.189. The Morgan fingerprint density at radius 1 is 1.23 bits per heavy atom. The van der Waals surface area contributed by atoms with Gasteiger partial charge in [-0.1, -0.05) is 6.92 Å². The fourth-order valence-electron chi connectivity index (χ4n) is 4.23. The van der Waals surface area contributed by atoms with E-state index in [1.807, 2.05) is 6.07 Å². The van der Waals surface area contributed by atoms with Crippen LogP contribution in [0, 0.1) is 11.8 Å². The van der Waals surface area contributed by atoms with Gasteiger partial charge in [0.2, 0.25) is 0 Å². The number of hydrogen-bond acceptors (Lipinski definition) is 6. The highest BCUT2D eigenvalue weighted by Gasteiger charge is 2.34. The van der Waals surface area contributed by atoms with Crippen molar-refractivity contribution < 1.29 is 13.0 Å². The highest BCUT2D eigenvalue weighted by Crippen LogP contribution is 2.32. The van der Waals surface area contributed by atoms with Crippen molar-refractivity contribution in [2.45, 2.75) is 32.7 Å². The average Bonchev–Trinajstić information content (AvgIpc) is 3.13. The summed E-state index contributed by atoms with van der Waals surface area (Å²) < 4.78 is 39.4. The summed E-state index contributed by atoms with van der Waals surface area (Å²) in [5, 5.41) is 4.02. The van der Waals surface area contributed by atoms with E-state index in [0.29, 0.717) is 34.6 Å². The number of nitrogens with zero attached hydrogens (tertiary/aromatic N) is 6. The molecule has 4 rings (SSSR count). The molecule has 0 saturated carbocycles. The van der Waals surface area contributed by atoms with E-state index in [-0.39, 0.29) is 11.7 Å². The molecule has 0 aromatic carbocycles. The van der Waals surface area contributed by atoms with Crippen LogP contribution < -0.4 is 4.90 Å². The quantitative estimate of drug-likeness (QED) is 0.452. The van der Waals surface area contributed by atoms with Crippen LogP contribution in [0.25, 0.3) is 17.0 Å². The second-order valence-electron chi connectivity index (χ2n) is 8.04. The summed E-state index contributed by atoms with van der Waals surface area (Å²) in [5.74, 6) is 2.23. The van der Waals surface area contributed by atoms with Crippen molar-refractivity contribution in [3.05, 3.63) is 36.4 Å². The van der Waals surface area contributed by atoms with E-state index >= 15 is 0 Å². The lowest BCUT2D eigenvalue weighted by atomic mass is 9.86. The van der Waals surface area contributed by atoms with Crippen LogP contribution in [-0.2, 0) is 15.0 Å². The van der Waals surface area contributed by atoms with Crippen molar-refractivity contribution in [3.8, 4) is 11.4 Å². The van der Waals surface area contributed by atoms with Gasteiger partial charge < -0.3 is 4.90 Å². The predicted octanol–water partition coefficient (Wildman–Crippen LogP) is 3.30. The molecular weight excluding hydrogens is 410 g/mol. The maximum Gasteiger partial charge on any atom is 0.282 e. The molecule has 3 aromatic heterocycles. The molecule has 4 unspecified atom stereocenters. The molecule has 4 atom stereocenters. The predicted molar refractivity (Wildman–Crippen MR) is 113 cm³/mol. The van der Waals surface area contributed by atoms with E-state index in [1.165, 1.54) is 23.0 Å². The zero-order valence-electron chi connectivity index (χ0n) is 17.1. The van der Waals surface area contributed by atoms with E-state index in [1.54, 1.807) is 12.5 Å². The van der Waals surface area contributed by atoms with Gasteiger partial charge in [-0.05, 0) is 31.4 Å². The first kappa shape index (κ1) is 20.8. The van der Waals surface area contributed by atoms with E-state index in [9.17, 15) is 13.0 Å². The second-order valence-corrected chi connectivity index (χ2v) is 9.66. The first-order valence-corrected chi connectivity index (χ1v) is 11.8. The van der Waals surface area contributed by atoms with Gasteiger partial charge in [-0.15, -0.1) is 4.21 Å². The standard InChI is InChI=1S/C20H24F2N6OS/c1-12-6-14(10-30(3)29)13(2)27(9-12)19-7-16(24-11-25-19)17-8-23-18-5-4-15(20(21)22)26-28(17)18/h4-5,7-8,11-14,20H,6,9-10H2,1-3H3/p+1. The minimum Gasteiger partial charge on any atom is -0.353 e. The first-order valence-electron chi connectivity index (χ1n) is 9.93. The van der Waals surface area contributed by atoms with Crippen LogP contribution in [0.5, 0.6) is 0 Å². The summed E-state index contributed by atoms with van der Waals surface area (Å²) in [7, 11) is -1.21. The summed E-state index contributed by atoms with van der Waals surface area (Å²) in [5.41, 5.74) is 1.25. The van der Waals surface area contributed by atoms with E-state index in [4.69, 9.17) is 0 Å². The van der Waals surface area contributed by atoms with Gasteiger partial charge in [0, 0.05) is 24.6 Å². The summed E-state index contributed by atoms with van der Waals surface area (Å²) in [4.78, 5) is 15.3. The van der Waals surface area contributed by atoms with E-state index < -0.39 is 17.2 Å². The Bertz CT molecular complexity index is 1070. The fraction of sp³-hybridized carbons (Fsp3) is 0.500. The van der Waals surface area contributed by atoms with Gasteiger partial charge in [-0.2, -0.15) is 5.10 Å². The Morgan fingerprint density at radius 2 is 2.03 bits per heavy atom. The number of aromatic nitrogens is 5. The van der Waals surface area contributed by atoms with Crippen molar-refractivity contribution in [2.75, 3.05) is 23.5 Å². The number of hydrogen-bond donors (Lipinski definition) is 0. The lowest BCUT2D eigenvalue weighted by molar-refractivity contribution is 0.144. The van der Waals surface area contributed by atoms with Crippen molar-refractivity contribution >= 4 is 22.3 Å². The number of piperidine rings is 1. The summed E-state index contributed by atoms with van der Waals surface area (Å²) in [6.07, 6.45) is 3.21. The molecule has 1 aliphatic heterocycles. The lowest BCUT2D eigenvalue weighted by Gasteiger charge is -2.42. The topological polar surface area (TPSA) is 76.3 Å². The van der Waals surface area contributed by atoms with Gasteiger partial charge >= 0.3 is 0 Å². The number of imidazole rings is 1. The molecule has 30 heavy (non-hydrogen) atoms. The molecule has 3 aromatic rings. The summed E-state index contributed by atoms with van der Waals surface area (Å²) in [6, 6.07) is 4.83. The van der Waals surface area contributed by atoms with Crippen LogP contribution >= 0.6 is 0 Å². The van der Waals surface area contributed by atoms with Crippen molar-refractivity contribution in [2.24, 2.45) is 11.8 Å². The molecule has 4 heterocycles. The third kappa shape index (κ3) is 4.05. The maximum atomic E-state index is 13.1. The zero-order valence-corrected chi connectivity index (χ0v) is 18.0. The third-order valence-electron chi connectivity index (χ3n) is 5.69. The average molecular weight is 436 g/mol. The number of anilines is 1. The van der Waals surface area contributed by atoms with Crippen LogP contribution in [0.3, 0.4) is 0 Å². The summed E-state index contributed by atoms with van der Waals surface area (Å²) in [6.45, 7) is 5.17. The Labute approximate surface area is 176 Å². The number of alkyl halides is 2. The molecule has 7 nitrogen and oxygen atoms in total. The molecule has 1 aliphatic rings. The van der Waals surface area contributed by atoms with Crippen LogP contribution in [0.4, 0.5) is 14.6 Å². The minimum atomic E-state index is -2.66. The molecule has 1 fully saturated rings. The van der Waals surface area contributed by atoms with Gasteiger partial charge in [0.05, 0.1) is 28.9 Å². The van der Waals surface area contributed by atoms with Gasteiger partial charge in [-0.25, -0.2) is 28.2 Å². The number of rotatable bonds is 5. The van der Waals surface area contributed by atoms with Crippen molar-refractivity contribution in [1.82, 2.24) is 24.6 Å². The highest BCUT2D eigenvalue weighted by atomic mass is 32.2. The largest absolute Gasteiger partial charge is 0.353 e. The Balaban J connectivity index is 1.70. The SMILES string of the molecule is CC1CC(C[SH+](C)=O)C(C)N(c2cc(-c3cnc4ccc(C(F)F)nn34)ncn2)C1.